The number of hydrogen-bond donors (Lipinski definition) is 1. The Morgan fingerprint density at radius 3 is 2.38 bits per heavy atom. The molecule has 2 rings (SSSR count). The summed E-state index contributed by atoms with van der Waals surface area (Å²) >= 11 is 0. The Bertz CT molecular complexity index is 331. The lowest BCUT2D eigenvalue weighted by atomic mass is 9.57. The molecule has 0 unspecified atom stereocenters. The summed E-state index contributed by atoms with van der Waals surface area (Å²) in [5.41, 5.74) is 0.586. The van der Waals surface area contributed by atoms with E-state index in [-0.39, 0.29) is 18.9 Å². The third kappa shape index (κ3) is 2.09. The molecule has 0 atom stereocenters. The van der Waals surface area contributed by atoms with Gasteiger partial charge in [-0.1, -0.05) is 30.3 Å². The molecule has 3 heteroatoms. The van der Waals surface area contributed by atoms with Gasteiger partial charge in [0.05, 0.1) is 0 Å². The zero-order valence-electron chi connectivity index (χ0n) is 9.07. The number of rotatable bonds is 4. The SMILES string of the molecule is OCC1CC(CC(F)F)(c2ccccc2)C1. The molecule has 16 heavy (non-hydrogen) atoms. The van der Waals surface area contributed by atoms with Gasteiger partial charge < -0.3 is 5.11 Å². The van der Waals surface area contributed by atoms with Gasteiger partial charge in [0.15, 0.2) is 0 Å². The molecule has 1 aromatic carbocycles. The molecule has 0 spiro atoms. The first-order chi connectivity index (χ1) is 7.66. The second-order valence-corrected chi connectivity index (χ2v) is 4.70. The van der Waals surface area contributed by atoms with E-state index in [2.05, 4.69) is 0 Å². The summed E-state index contributed by atoms with van der Waals surface area (Å²) in [5, 5.41) is 9.01. The number of halogens is 2. The monoisotopic (exact) mass is 226 g/mol. The van der Waals surface area contributed by atoms with Crippen LogP contribution in [0.1, 0.15) is 24.8 Å². The van der Waals surface area contributed by atoms with Gasteiger partial charge in [0, 0.05) is 18.4 Å². The molecule has 0 aliphatic heterocycles. The molecule has 1 saturated carbocycles. The van der Waals surface area contributed by atoms with Gasteiger partial charge in [-0.2, -0.15) is 0 Å². The van der Waals surface area contributed by atoms with E-state index in [1.807, 2.05) is 30.3 Å². The highest BCUT2D eigenvalue weighted by molar-refractivity contribution is 5.29. The van der Waals surface area contributed by atoms with E-state index in [4.69, 9.17) is 5.11 Å². The predicted molar refractivity (Wildman–Crippen MR) is 58.6 cm³/mol. The Morgan fingerprint density at radius 1 is 1.25 bits per heavy atom. The average Bonchev–Trinajstić information content (AvgIpc) is 2.23. The molecule has 0 aromatic heterocycles. The topological polar surface area (TPSA) is 20.2 Å². The van der Waals surface area contributed by atoms with Crippen molar-refractivity contribution in [1.29, 1.82) is 0 Å². The zero-order valence-corrected chi connectivity index (χ0v) is 9.07. The fourth-order valence-electron chi connectivity index (χ4n) is 2.78. The predicted octanol–water partition coefficient (Wildman–Crippen LogP) is 2.98. The number of aliphatic hydroxyl groups excluding tert-OH is 1. The minimum absolute atomic E-state index is 0.0898. The summed E-state index contributed by atoms with van der Waals surface area (Å²) in [5.74, 6) is 0.193. The molecule has 1 aliphatic carbocycles. The van der Waals surface area contributed by atoms with Crippen LogP contribution >= 0.6 is 0 Å². The van der Waals surface area contributed by atoms with E-state index in [9.17, 15) is 8.78 Å². The molecule has 88 valence electrons. The van der Waals surface area contributed by atoms with Gasteiger partial charge in [-0.05, 0) is 24.3 Å². The van der Waals surface area contributed by atoms with E-state index in [1.165, 1.54) is 0 Å². The van der Waals surface area contributed by atoms with Crippen molar-refractivity contribution < 1.29 is 13.9 Å². The van der Waals surface area contributed by atoms with Crippen LogP contribution in [0, 0.1) is 5.92 Å². The number of aliphatic hydroxyl groups is 1. The van der Waals surface area contributed by atoms with Gasteiger partial charge in [0.1, 0.15) is 0 Å². The first-order valence-corrected chi connectivity index (χ1v) is 5.61. The molecule has 1 fully saturated rings. The summed E-state index contributed by atoms with van der Waals surface area (Å²) in [6.45, 7) is 0.109. The van der Waals surface area contributed by atoms with Crippen LogP contribution in [0.4, 0.5) is 8.78 Å². The maximum atomic E-state index is 12.6. The van der Waals surface area contributed by atoms with Crippen molar-refractivity contribution in [2.75, 3.05) is 6.61 Å². The molecule has 0 saturated heterocycles. The molecule has 0 bridgehead atoms. The van der Waals surface area contributed by atoms with Crippen LogP contribution in [0.5, 0.6) is 0 Å². The largest absolute Gasteiger partial charge is 0.396 e. The first kappa shape index (κ1) is 11.5. The van der Waals surface area contributed by atoms with Crippen LogP contribution in [0.2, 0.25) is 0 Å². The van der Waals surface area contributed by atoms with Gasteiger partial charge in [0.2, 0.25) is 6.43 Å². The zero-order chi connectivity index (χ0) is 11.6. The number of alkyl halides is 2. The number of hydrogen-bond acceptors (Lipinski definition) is 1. The van der Waals surface area contributed by atoms with Crippen molar-refractivity contribution in [2.24, 2.45) is 5.92 Å². The Kier molecular flexibility index (Phi) is 3.24. The summed E-state index contributed by atoms with van der Waals surface area (Å²) in [6.07, 6.45) is -1.01. The second-order valence-electron chi connectivity index (χ2n) is 4.70. The summed E-state index contributed by atoms with van der Waals surface area (Å²) < 4.78 is 25.2. The van der Waals surface area contributed by atoms with Crippen molar-refractivity contribution in [1.82, 2.24) is 0 Å². The molecular formula is C13H16F2O. The fraction of sp³-hybridized carbons (Fsp3) is 0.538. The molecule has 1 N–H and O–H groups in total. The highest BCUT2D eigenvalue weighted by atomic mass is 19.3. The quantitative estimate of drug-likeness (QED) is 0.836. The lowest BCUT2D eigenvalue weighted by molar-refractivity contribution is 0.0186. The Morgan fingerprint density at radius 2 is 1.88 bits per heavy atom. The van der Waals surface area contributed by atoms with Gasteiger partial charge in [-0.15, -0.1) is 0 Å². The van der Waals surface area contributed by atoms with E-state index in [0.717, 1.165) is 5.56 Å². The van der Waals surface area contributed by atoms with Crippen LogP contribution in [0.15, 0.2) is 30.3 Å². The van der Waals surface area contributed by atoms with Crippen LogP contribution in [-0.4, -0.2) is 18.1 Å². The van der Waals surface area contributed by atoms with Gasteiger partial charge in [-0.3, -0.25) is 0 Å². The molecule has 1 aliphatic rings. The summed E-state index contributed by atoms with van der Waals surface area (Å²) in [6, 6.07) is 9.48. The molecule has 1 aromatic rings. The second kappa shape index (κ2) is 4.50. The van der Waals surface area contributed by atoms with Crippen LogP contribution in [-0.2, 0) is 5.41 Å². The molecule has 1 nitrogen and oxygen atoms in total. The normalized spacial score (nSPS) is 29.1. The van der Waals surface area contributed by atoms with Crippen LogP contribution in [0.3, 0.4) is 0 Å². The summed E-state index contributed by atoms with van der Waals surface area (Å²) in [4.78, 5) is 0. The Hall–Kier alpha value is -0.960. The molecule has 0 heterocycles. The summed E-state index contributed by atoms with van der Waals surface area (Å²) in [7, 11) is 0. The van der Waals surface area contributed by atoms with E-state index in [0.29, 0.717) is 12.8 Å². The van der Waals surface area contributed by atoms with Crippen molar-refractivity contribution >= 4 is 0 Å². The van der Waals surface area contributed by atoms with E-state index >= 15 is 0 Å². The molecular weight excluding hydrogens is 210 g/mol. The van der Waals surface area contributed by atoms with Gasteiger partial charge in [-0.25, -0.2) is 8.78 Å². The third-order valence-corrected chi connectivity index (χ3v) is 3.55. The molecule has 0 amide bonds. The smallest absolute Gasteiger partial charge is 0.239 e. The third-order valence-electron chi connectivity index (χ3n) is 3.55. The van der Waals surface area contributed by atoms with Gasteiger partial charge >= 0.3 is 0 Å². The van der Waals surface area contributed by atoms with Gasteiger partial charge in [0.25, 0.3) is 0 Å². The average molecular weight is 226 g/mol. The van der Waals surface area contributed by atoms with Crippen molar-refractivity contribution in [3.63, 3.8) is 0 Å². The fourth-order valence-corrected chi connectivity index (χ4v) is 2.78. The lowest BCUT2D eigenvalue weighted by Crippen LogP contribution is -2.44. The van der Waals surface area contributed by atoms with Crippen molar-refractivity contribution in [3.05, 3.63) is 35.9 Å². The Labute approximate surface area is 94.1 Å². The maximum Gasteiger partial charge on any atom is 0.239 e. The standard InChI is InChI=1S/C13H16F2O/c14-12(15)8-13(6-10(7-13)9-16)11-4-2-1-3-5-11/h1-5,10,12,16H,6-9H2. The maximum absolute atomic E-state index is 12.6. The minimum Gasteiger partial charge on any atom is -0.396 e. The van der Waals surface area contributed by atoms with Crippen LogP contribution < -0.4 is 0 Å². The first-order valence-electron chi connectivity index (χ1n) is 5.61. The van der Waals surface area contributed by atoms with Crippen molar-refractivity contribution in [3.8, 4) is 0 Å². The highest BCUT2D eigenvalue weighted by Crippen LogP contribution is 2.51. The Balaban J connectivity index is 2.17. The van der Waals surface area contributed by atoms with E-state index < -0.39 is 11.8 Å². The van der Waals surface area contributed by atoms with E-state index in [1.54, 1.807) is 0 Å². The lowest BCUT2D eigenvalue weighted by Gasteiger charge is -2.47. The van der Waals surface area contributed by atoms with Crippen molar-refractivity contribution in [2.45, 2.75) is 31.1 Å². The number of benzene rings is 1. The minimum atomic E-state index is -2.28. The molecule has 0 radical (unpaired) electrons. The van der Waals surface area contributed by atoms with Crippen LogP contribution in [0.25, 0.3) is 0 Å². The highest BCUT2D eigenvalue weighted by Gasteiger charge is 2.46.